The van der Waals surface area contributed by atoms with Crippen LogP contribution in [0.2, 0.25) is 0 Å². The van der Waals surface area contributed by atoms with Gasteiger partial charge in [-0.15, -0.1) is 0 Å². The first kappa shape index (κ1) is 14.7. The molecule has 106 valence electrons. The van der Waals surface area contributed by atoms with Crippen molar-refractivity contribution in [3.05, 3.63) is 0 Å². The van der Waals surface area contributed by atoms with E-state index in [0.717, 1.165) is 24.2 Å². The third-order valence-corrected chi connectivity index (χ3v) is 5.92. The summed E-state index contributed by atoms with van der Waals surface area (Å²) >= 11 is 4.79. The van der Waals surface area contributed by atoms with E-state index in [0.29, 0.717) is 11.3 Å². The summed E-state index contributed by atoms with van der Waals surface area (Å²) in [6, 6.07) is 0.309. The van der Waals surface area contributed by atoms with E-state index in [1.807, 2.05) is 0 Å². The normalized spacial score (nSPS) is 34.2. The van der Waals surface area contributed by atoms with Crippen LogP contribution in [0, 0.1) is 17.8 Å². The Balaban J connectivity index is 1.73. The lowest BCUT2D eigenvalue weighted by Gasteiger charge is -2.37. The largest absolute Gasteiger partial charge is 0.328 e. The number of rotatable bonds is 4. The molecule has 0 saturated heterocycles. The highest BCUT2D eigenvalue weighted by Gasteiger charge is 2.30. The Hall–Kier alpha value is 0.310. The molecule has 2 unspecified atom stereocenters. The predicted octanol–water partition coefficient (Wildman–Crippen LogP) is 4.41. The monoisotopic (exact) mass is 269 g/mol. The SMILES string of the molecule is CC(N)CC(S)C1CCC(C2CCCCC2)CC1. The summed E-state index contributed by atoms with van der Waals surface area (Å²) in [4.78, 5) is 0. The van der Waals surface area contributed by atoms with Gasteiger partial charge < -0.3 is 5.73 Å². The van der Waals surface area contributed by atoms with Crippen LogP contribution in [0.5, 0.6) is 0 Å². The molecule has 2 saturated carbocycles. The van der Waals surface area contributed by atoms with Crippen molar-refractivity contribution >= 4 is 12.6 Å². The second-order valence-electron chi connectivity index (χ2n) is 6.85. The van der Waals surface area contributed by atoms with E-state index in [1.165, 1.54) is 57.8 Å². The molecular formula is C16H31NS. The minimum absolute atomic E-state index is 0.309. The maximum atomic E-state index is 5.90. The maximum absolute atomic E-state index is 5.90. The van der Waals surface area contributed by atoms with Crippen molar-refractivity contribution in [1.29, 1.82) is 0 Å². The molecule has 0 radical (unpaired) electrons. The standard InChI is InChI=1S/C16H31NS/c1-12(17)11-16(18)15-9-7-14(8-10-15)13-5-3-2-4-6-13/h12-16,18H,2-11,17H2,1H3. The molecule has 2 N–H and O–H groups in total. The van der Waals surface area contributed by atoms with Crippen molar-refractivity contribution < 1.29 is 0 Å². The van der Waals surface area contributed by atoms with E-state index < -0.39 is 0 Å². The second kappa shape index (κ2) is 7.19. The number of hydrogen-bond donors (Lipinski definition) is 2. The first-order chi connectivity index (χ1) is 8.66. The summed E-state index contributed by atoms with van der Waals surface area (Å²) in [7, 11) is 0. The molecule has 0 aliphatic heterocycles. The summed E-state index contributed by atoms with van der Waals surface area (Å²) in [5, 5.41) is 0.539. The quantitative estimate of drug-likeness (QED) is 0.726. The second-order valence-corrected chi connectivity index (χ2v) is 7.52. The summed E-state index contributed by atoms with van der Waals surface area (Å²) in [5.74, 6) is 2.93. The molecule has 2 heteroatoms. The number of nitrogens with two attached hydrogens (primary N) is 1. The van der Waals surface area contributed by atoms with Gasteiger partial charge in [-0.3, -0.25) is 0 Å². The van der Waals surface area contributed by atoms with Crippen molar-refractivity contribution in [2.45, 2.75) is 82.4 Å². The van der Waals surface area contributed by atoms with Crippen LogP contribution in [0.25, 0.3) is 0 Å². The van der Waals surface area contributed by atoms with Gasteiger partial charge in [0, 0.05) is 11.3 Å². The van der Waals surface area contributed by atoms with Gasteiger partial charge in [0.1, 0.15) is 0 Å². The molecule has 0 amide bonds. The lowest BCUT2D eigenvalue weighted by molar-refractivity contribution is 0.164. The van der Waals surface area contributed by atoms with Crippen molar-refractivity contribution in [2.24, 2.45) is 23.5 Å². The van der Waals surface area contributed by atoms with Gasteiger partial charge in [-0.1, -0.05) is 32.1 Å². The fourth-order valence-corrected chi connectivity index (χ4v) is 4.81. The van der Waals surface area contributed by atoms with Crippen molar-refractivity contribution in [2.75, 3.05) is 0 Å². The Bertz CT molecular complexity index is 227. The maximum Gasteiger partial charge on any atom is 0.00596 e. The van der Waals surface area contributed by atoms with Crippen molar-refractivity contribution in [3.63, 3.8) is 0 Å². The van der Waals surface area contributed by atoms with Crippen LogP contribution in [0.3, 0.4) is 0 Å². The zero-order valence-corrected chi connectivity index (χ0v) is 12.9. The summed E-state index contributed by atoms with van der Waals surface area (Å²) in [5.41, 5.74) is 5.90. The average Bonchev–Trinajstić information content (AvgIpc) is 2.39. The zero-order chi connectivity index (χ0) is 13.0. The molecule has 0 aromatic heterocycles. The predicted molar refractivity (Wildman–Crippen MR) is 83.1 cm³/mol. The molecule has 2 fully saturated rings. The van der Waals surface area contributed by atoms with Crippen LogP contribution < -0.4 is 5.73 Å². The van der Waals surface area contributed by atoms with E-state index in [4.69, 9.17) is 18.4 Å². The molecule has 0 spiro atoms. The summed E-state index contributed by atoms with van der Waals surface area (Å²) in [6.45, 7) is 2.11. The smallest absolute Gasteiger partial charge is 0.00596 e. The van der Waals surface area contributed by atoms with Gasteiger partial charge in [-0.25, -0.2) is 0 Å². The molecule has 2 rings (SSSR count). The van der Waals surface area contributed by atoms with Crippen LogP contribution in [-0.4, -0.2) is 11.3 Å². The Morgan fingerprint density at radius 1 is 0.944 bits per heavy atom. The van der Waals surface area contributed by atoms with E-state index in [9.17, 15) is 0 Å². The van der Waals surface area contributed by atoms with Gasteiger partial charge in [0.15, 0.2) is 0 Å². The van der Waals surface area contributed by atoms with E-state index >= 15 is 0 Å². The minimum Gasteiger partial charge on any atom is -0.328 e. The third-order valence-electron chi connectivity index (χ3n) is 5.29. The lowest BCUT2D eigenvalue weighted by Crippen LogP contribution is -2.30. The first-order valence-corrected chi connectivity index (χ1v) is 8.62. The molecule has 1 nitrogen and oxygen atoms in total. The third kappa shape index (κ3) is 4.16. The highest BCUT2D eigenvalue weighted by molar-refractivity contribution is 7.81. The van der Waals surface area contributed by atoms with Gasteiger partial charge in [0.05, 0.1) is 0 Å². The van der Waals surface area contributed by atoms with Gasteiger partial charge in [0.2, 0.25) is 0 Å². The summed E-state index contributed by atoms with van der Waals surface area (Å²) in [6.07, 6.45) is 14.3. The van der Waals surface area contributed by atoms with Crippen molar-refractivity contribution in [1.82, 2.24) is 0 Å². The molecule has 0 aromatic rings. The van der Waals surface area contributed by atoms with E-state index in [2.05, 4.69) is 6.92 Å². The molecular weight excluding hydrogens is 238 g/mol. The van der Waals surface area contributed by atoms with Gasteiger partial charge in [-0.05, 0) is 56.8 Å². The fourth-order valence-electron chi connectivity index (χ4n) is 4.18. The van der Waals surface area contributed by atoms with Crippen LogP contribution in [0.4, 0.5) is 0 Å². The summed E-state index contributed by atoms with van der Waals surface area (Å²) < 4.78 is 0. The molecule has 0 bridgehead atoms. The number of hydrogen-bond acceptors (Lipinski definition) is 2. The Kier molecular flexibility index (Phi) is 5.88. The lowest BCUT2D eigenvalue weighted by atomic mass is 9.70. The molecule has 0 heterocycles. The van der Waals surface area contributed by atoms with Gasteiger partial charge in [0.25, 0.3) is 0 Å². The van der Waals surface area contributed by atoms with Crippen LogP contribution >= 0.6 is 12.6 Å². The van der Waals surface area contributed by atoms with Gasteiger partial charge in [-0.2, -0.15) is 12.6 Å². The molecule has 18 heavy (non-hydrogen) atoms. The highest BCUT2D eigenvalue weighted by Crippen LogP contribution is 2.41. The average molecular weight is 269 g/mol. The van der Waals surface area contributed by atoms with Crippen LogP contribution in [0.15, 0.2) is 0 Å². The Labute approximate surface area is 119 Å². The van der Waals surface area contributed by atoms with E-state index in [1.54, 1.807) is 0 Å². The number of thiol groups is 1. The Morgan fingerprint density at radius 3 is 2.06 bits per heavy atom. The van der Waals surface area contributed by atoms with Crippen molar-refractivity contribution in [3.8, 4) is 0 Å². The first-order valence-electron chi connectivity index (χ1n) is 8.10. The molecule has 2 aliphatic rings. The van der Waals surface area contributed by atoms with E-state index in [-0.39, 0.29) is 0 Å². The minimum atomic E-state index is 0.309. The van der Waals surface area contributed by atoms with Crippen LogP contribution in [0.1, 0.15) is 71.1 Å². The fraction of sp³-hybridized carbons (Fsp3) is 1.00. The van der Waals surface area contributed by atoms with Gasteiger partial charge >= 0.3 is 0 Å². The molecule has 2 aliphatic carbocycles. The molecule has 2 atom stereocenters. The van der Waals surface area contributed by atoms with Crippen LogP contribution in [-0.2, 0) is 0 Å². The topological polar surface area (TPSA) is 26.0 Å². The molecule has 0 aromatic carbocycles. The highest BCUT2D eigenvalue weighted by atomic mass is 32.1. The Morgan fingerprint density at radius 2 is 1.50 bits per heavy atom. The zero-order valence-electron chi connectivity index (χ0n) is 12.0.